The van der Waals surface area contributed by atoms with Crippen molar-refractivity contribution in [1.82, 2.24) is 10.1 Å². The molecule has 0 saturated heterocycles. The smallest absolute Gasteiger partial charge is 0.337 e. The van der Waals surface area contributed by atoms with Crippen LogP contribution in [0.4, 0.5) is 5.13 Å². The number of aromatic amines is 1. The van der Waals surface area contributed by atoms with E-state index in [9.17, 15) is 9.90 Å². The van der Waals surface area contributed by atoms with E-state index in [1.165, 1.54) is 11.3 Å². The van der Waals surface area contributed by atoms with Crippen molar-refractivity contribution in [3.8, 4) is 5.75 Å². The van der Waals surface area contributed by atoms with Crippen molar-refractivity contribution in [1.29, 1.82) is 0 Å². The maximum Gasteiger partial charge on any atom is 0.337 e. The lowest BCUT2D eigenvalue weighted by Crippen LogP contribution is -1.99. The van der Waals surface area contributed by atoms with Crippen molar-refractivity contribution in [3.63, 3.8) is 0 Å². The summed E-state index contributed by atoms with van der Waals surface area (Å²) >= 11 is 1.39. The fourth-order valence-corrected chi connectivity index (χ4v) is 1.07. The van der Waals surface area contributed by atoms with Crippen LogP contribution in [0.1, 0.15) is 10.4 Å². The van der Waals surface area contributed by atoms with Gasteiger partial charge in [-0.25, -0.2) is 4.79 Å². The van der Waals surface area contributed by atoms with Crippen molar-refractivity contribution < 1.29 is 20.1 Å². The first-order valence-electron chi connectivity index (χ1n) is 4.02. The summed E-state index contributed by atoms with van der Waals surface area (Å²) in [6.45, 7) is 0. The number of nitrogen functional groups attached to an aromatic ring is 1. The molecule has 0 aliphatic heterocycles. The minimum absolute atomic E-state index is 0.0764. The summed E-state index contributed by atoms with van der Waals surface area (Å²) in [5.74, 6) is -1.52. The highest BCUT2D eigenvalue weighted by molar-refractivity contribution is 7.12. The molecule has 2 rings (SSSR count). The molecule has 0 aliphatic rings. The molecular formula is C8H8N4O3S. The first-order valence-corrected chi connectivity index (χ1v) is 4.90. The topological polar surface area (TPSA) is 126 Å². The lowest BCUT2D eigenvalue weighted by atomic mass is 10.3. The van der Waals surface area contributed by atoms with E-state index in [1.54, 1.807) is 5.51 Å². The highest BCUT2D eigenvalue weighted by Crippen LogP contribution is 2.04. The van der Waals surface area contributed by atoms with Gasteiger partial charge in [-0.15, -0.1) is 0 Å². The van der Waals surface area contributed by atoms with Gasteiger partial charge >= 0.3 is 5.97 Å². The normalized spacial score (nSPS) is 9.00. The van der Waals surface area contributed by atoms with Crippen LogP contribution in [0.3, 0.4) is 0 Å². The second-order valence-electron chi connectivity index (χ2n) is 2.53. The van der Waals surface area contributed by atoms with Crippen LogP contribution in [0.5, 0.6) is 5.75 Å². The molecule has 0 bridgehead atoms. The average Bonchev–Trinajstić information content (AvgIpc) is 2.70. The Morgan fingerprint density at radius 3 is 2.62 bits per heavy atom. The number of hydrogen-bond acceptors (Lipinski definition) is 6. The van der Waals surface area contributed by atoms with Crippen LogP contribution in [0.2, 0.25) is 0 Å². The van der Waals surface area contributed by atoms with Crippen LogP contribution < -0.4 is 15.9 Å². The van der Waals surface area contributed by atoms with Gasteiger partial charge in [0.2, 0.25) is 0 Å². The number of aromatic nitrogens is 3. The molecule has 0 unspecified atom stereocenters. The number of anilines is 1. The Morgan fingerprint density at radius 1 is 1.56 bits per heavy atom. The summed E-state index contributed by atoms with van der Waals surface area (Å²) in [6.07, 6.45) is 2.19. The first kappa shape index (κ1) is 11.9. The third kappa shape index (κ3) is 3.88. The molecule has 2 heterocycles. The molecule has 0 aliphatic carbocycles. The van der Waals surface area contributed by atoms with Crippen LogP contribution in [0.25, 0.3) is 0 Å². The first-order chi connectivity index (χ1) is 7.59. The quantitative estimate of drug-likeness (QED) is 0.684. The summed E-state index contributed by atoms with van der Waals surface area (Å²) in [6, 6.07) is 1.02. The Labute approximate surface area is 94.2 Å². The summed E-state index contributed by atoms with van der Waals surface area (Å²) < 4.78 is 0. The van der Waals surface area contributed by atoms with Crippen LogP contribution >= 0.6 is 11.3 Å². The Kier molecular flexibility index (Phi) is 4.16. The van der Waals surface area contributed by atoms with Crippen LogP contribution in [-0.2, 0) is 0 Å². The lowest BCUT2D eigenvalue weighted by Gasteiger charge is -2.02. The highest BCUT2D eigenvalue weighted by Gasteiger charge is 1.98. The Bertz CT molecular complexity index is 460. The van der Waals surface area contributed by atoms with E-state index in [4.69, 9.17) is 10.8 Å². The second-order valence-corrected chi connectivity index (χ2v) is 3.42. The van der Waals surface area contributed by atoms with Crippen molar-refractivity contribution in [2.45, 2.75) is 0 Å². The second kappa shape index (κ2) is 5.61. The van der Waals surface area contributed by atoms with Gasteiger partial charge in [-0.05, 0) is 11.3 Å². The van der Waals surface area contributed by atoms with Crippen molar-refractivity contribution in [3.05, 3.63) is 29.5 Å². The van der Waals surface area contributed by atoms with E-state index in [1.807, 2.05) is 0 Å². The zero-order valence-electron chi connectivity index (χ0n) is 7.95. The molecule has 0 radical (unpaired) electrons. The molecule has 2 aromatic heterocycles. The maximum absolute atomic E-state index is 10.5. The van der Waals surface area contributed by atoms with Gasteiger partial charge in [0.05, 0.1) is 5.56 Å². The number of hydrogen-bond donors (Lipinski definition) is 2. The molecule has 0 fully saturated rings. The van der Waals surface area contributed by atoms with E-state index >= 15 is 0 Å². The number of nitrogens with two attached hydrogens (primary N) is 1. The summed E-state index contributed by atoms with van der Waals surface area (Å²) in [4.78, 5) is 13.6. The standard InChI is InChI=1S/C6H5NO3.C2H3N3S/c8-5-1-4(6(9)10)2-7-3-5;3-2-5-4-1-6-2/h1-3,8H,(H,9,10);1H,(H2,3,5). The van der Waals surface area contributed by atoms with E-state index in [2.05, 4.69) is 15.2 Å². The third-order valence-corrected chi connectivity index (χ3v) is 1.92. The van der Waals surface area contributed by atoms with E-state index in [0.717, 1.165) is 18.5 Å². The van der Waals surface area contributed by atoms with Gasteiger partial charge in [0.15, 0.2) is 0 Å². The molecule has 4 N–H and O–H groups in total. The summed E-state index contributed by atoms with van der Waals surface area (Å²) in [5, 5.41) is 25.5. The fraction of sp³-hybridized carbons (Fsp3) is 0. The van der Waals surface area contributed by atoms with Gasteiger partial charge in [0.1, 0.15) is 0 Å². The monoisotopic (exact) mass is 240 g/mol. The van der Waals surface area contributed by atoms with Gasteiger partial charge in [-0.3, -0.25) is 4.98 Å². The van der Waals surface area contributed by atoms with Crippen LogP contribution in [0.15, 0.2) is 24.0 Å². The van der Waals surface area contributed by atoms with Gasteiger partial charge in [0.25, 0.3) is 10.6 Å². The minimum atomic E-state index is -1.13. The molecule has 0 aromatic carbocycles. The number of aromatic carboxylic acids is 1. The third-order valence-electron chi connectivity index (χ3n) is 1.37. The predicted octanol–water partition coefficient (Wildman–Crippen LogP) is -0.607. The number of pyridine rings is 1. The molecule has 0 saturated carbocycles. The number of H-pyrrole nitrogens is 1. The average molecular weight is 240 g/mol. The number of carbonyl (C=O) groups is 1. The fourth-order valence-electron chi connectivity index (χ4n) is 0.739. The number of nitrogens with zero attached hydrogens (tertiary/aromatic N) is 2. The van der Waals surface area contributed by atoms with Crippen LogP contribution in [-0.4, -0.2) is 21.2 Å². The van der Waals surface area contributed by atoms with Gasteiger partial charge < -0.3 is 15.9 Å². The molecule has 0 spiro atoms. The van der Waals surface area contributed by atoms with Crippen molar-refractivity contribution >= 4 is 22.4 Å². The number of carboxylic acid groups (broad SMARTS) is 1. The van der Waals surface area contributed by atoms with Crippen molar-refractivity contribution in [2.24, 2.45) is 0 Å². The number of rotatable bonds is 1. The van der Waals surface area contributed by atoms with Gasteiger partial charge in [0, 0.05) is 17.5 Å². The molecule has 84 valence electrons. The molecule has 0 atom stereocenters. The summed E-state index contributed by atoms with van der Waals surface area (Å²) in [7, 11) is 0. The Hall–Kier alpha value is -2.22. The Morgan fingerprint density at radius 2 is 2.31 bits per heavy atom. The number of nitrogens with one attached hydrogen (secondary N) is 1. The van der Waals surface area contributed by atoms with E-state index in [-0.39, 0.29) is 11.3 Å². The molecule has 7 nitrogen and oxygen atoms in total. The Balaban J connectivity index is 0.000000181. The molecule has 2 aromatic rings. The molecule has 8 heteroatoms. The predicted molar refractivity (Wildman–Crippen MR) is 53.7 cm³/mol. The largest absolute Gasteiger partial charge is 0.871 e. The molecule has 16 heavy (non-hydrogen) atoms. The molecule has 0 amide bonds. The van der Waals surface area contributed by atoms with E-state index < -0.39 is 5.97 Å². The lowest BCUT2D eigenvalue weighted by molar-refractivity contribution is -0.445. The maximum atomic E-state index is 10.5. The highest BCUT2D eigenvalue weighted by atomic mass is 32.1. The van der Waals surface area contributed by atoms with Crippen LogP contribution in [0, 0.1) is 0 Å². The zero-order valence-corrected chi connectivity index (χ0v) is 8.77. The SMILES string of the molecule is Nc1n[nH+]cs1.O=C(O)c1cncc([O-])c1. The van der Waals surface area contributed by atoms with Gasteiger partial charge in [-0.1, -0.05) is 16.9 Å². The van der Waals surface area contributed by atoms with Crippen molar-refractivity contribution in [2.75, 3.05) is 5.73 Å². The minimum Gasteiger partial charge on any atom is -0.871 e. The van der Waals surface area contributed by atoms with E-state index in [0.29, 0.717) is 5.13 Å². The zero-order chi connectivity index (χ0) is 12.0. The van der Waals surface area contributed by atoms with Gasteiger partial charge in [-0.2, -0.15) is 0 Å². The summed E-state index contributed by atoms with van der Waals surface area (Å²) in [5.41, 5.74) is 6.80. The number of carboxylic acids is 1. The molecular weight excluding hydrogens is 232 g/mol.